The Morgan fingerprint density at radius 3 is 2.50 bits per heavy atom. The lowest BCUT2D eigenvalue weighted by atomic mass is 10.0. The van der Waals surface area contributed by atoms with Crippen molar-refractivity contribution in [2.45, 2.75) is 51.0 Å². The summed E-state index contributed by atoms with van der Waals surface area (Å²) in [5.41, 5.74) is 0. The molecule has 1 atom stereocenters. The monoisotopic (exact) mass is 224 g/mol. The first-order chi connectivity index (χ1) is 7.77. The molecule has 2 amide bonds. The highest BCUT2D eigenvalue weighted by Crippen LogP contribution is 2.15. The Balaban J connectivity index is 1.78. The molecule has 2 aliphatic heterocycles. The van der Waals surface area contributed by atoms with Crippen molar-refractivity contribution < 1.29 is 9.59 Å². The molecule has 0 aromatic rings. The van der Waals surface area contributed by atoms with E-state index < -0.39 is 0 Å². The minimum atomic E-state index is 0.0204. The summed E-state index contributed by atoms with van der Waals surface area (Å²) in [4.78, 5) is 24.6. The zero-order valence-corrected chi connectivity index (χ0v) is 9.71. The zero-order valence-electron chi connectivity index (χ0n) is 9.71. The quantitative estimate of drug-likeness (QED) is 0.729. The SMILES string of the molecule is O=C1CCCC(=O)N1CCC1CCCCN1. The van der Waals surface area contributed by atoms with Gasteiger partial charge in [0.1, 0.15) is 0 Å². The van der Waals surface area contributed by atoms with Crippen molar-refractivity contribution >= 4 is 11.8 Å². The number of amides is 2. The van der Waals surface area contributed by atoms with E-state index in [-0.39, 0.29) is 11.8 Å². The van der Waals surface area contributed by atoms with Crippen LogP contribution in [-0.4, -0.2) is 35.8 Å². The molecule has 1 N–H and O–H groups in total. The Bertz CT molecular complexity index is 256. The molecule has 2 aliphatic rings. The maximum Gasteiger partial charge on any atom is 0.229 e. The van der Waals surface area contributed by atoms with Gasteiger partial charge >= 0.3 is 0 Å². The van der Waals surface area contributed by atoms with Gasteiger partial charge in [0.25, 0.3) is 0 Å². The van der Waals surface area contributed by atoms with Gasteiger partial charge in [-0.25, -0.2) is 0 Å². The Kier molecular flexibility index (Phi) is 3.93. The number of piperidine rings is 2. The maximum atomic E-state index is 11.6. The number of carbonyl (C=O) groups is 2. The molecule has 16 heavy (non-hydrogen) atoms. The van der Waals surface area contributed by atoms with E-state index in [0.717, 1.165) is 19.4 Å². The molecule has 0 aliphatic carbocycles. The molecule has 0 radical (unpaired) electrons. The Morgan fingerprint density at radius 1 is 1.12 bits per heavy atom. The molecular weight excluding hydrogens is 204 g/mol. The van der Waals surface area contributed by atoms with Gasteiger partial charge in [0.2, 0.25) is 11.8 Å². The third kappa shape index (κ3) is 2.82. The van der Waals surface area contributed by atoms with Crippen LogP contribution in [0.1, 0.15) is 44.9 Å². The van der Waals surface area contributed by atoms with Crippen LogP contribution in [0.2, 0.25) is 0 Å². The number of hydrogen-bond donors (Lipinski definition) is 1. The van der Waals surface area contributed by atoms with E-state index in [1.54, 1.807) is 0 Å². The largest absolute Gasteiger partial charge is 0.314 e. The molecule has 90 valence electrons. The van der Waals surface area contributed by atoms with E-state index in [0.29, 0.717) is 25.4 Å². The van der Waals surface area contributed by atoms with Crippen molar-refractivity contribution in [3.05, 3.63) is 0 Å². The lowest BCUT2D eigenvalue weighted by Gasteiger charge is -2.28. The number of hydrogen-bond acceptors (Lipinski definition) is 3. The fraction of sp³-hybridized carbons (Fsp3) is 0.833. The van der Waals surface area contributed by atoms with Gasteiger partial charge in [0.05, 0.1) is 0 Å². The summed E-state index contributed by atoms with van der Waals surface area (Å²) in [6, 6.07) is 0.497. The first kappa shape index (κ1) is 11.6. The van der Waals surface area contributed by atoms with Gasteiger partial charge in [-0.1, -0.05) is 6.42 Å². The van der Waals surface area contributed by atoms with Crippen molar-refractivity contribution in [1.82, 2.24) is 10.2 Å². The third-order valence-corrected chi connectivity index (χ3v) is 3.50. The van der Waals surface area contributed by atoms with E-state index in [9.17, 15) is 9.59 Å². The molecular formula is C12H20N2O2. The van der Waals surface area contributed by atoms with Crippen molar-refractivity contribution in [1.29, 1.82) is 0 Å². The topological polar surface area (TPSA) is 49.4 Å². The highest BCUT2D eigenvalue weighted by molar-refractivity contribution is 5.97. The summed E-state index contributed by atoms with van der Waals surface area (Å²) in [6.07, 6.45) is 6.43. The second-order valence-electron chi connectivity index (χ2n) is 4.73. The summed E-state index contributed by atoms with van der Waals surface area (Å²) in [7, 11) is 0. The van der Waals surface area contributed by atoms with Crippen molar-refractivity contribution in [3.63, 3.8) is 0 Å². The molecule has 0 spiro atoms. The Labute approximate surface area is 96.4 Å². The summed E-state index contributed by atoms with van der Waals surface area (Å²) in [6.45, 7) is 1.68. The van der Waals surface area contributed by atoms with Crippen molar-refractivity contribution in [3.8, 4) is 0 Å². The standard InChI is InChI=1S/C12H20N2O2/c15-11-5-3-6-12(16)14(11)9-7-10-4-1-2-8-13-10/h10,13H,1-9H2. The lowest BCUT2D eigenvalue weighted by molar-refractivity contribution is -0.148. The summed E-state index contributed by atoms with van der Waals surface area (Å²) < 4.78 is 0. The van der Waals surface area contributed by atoms with Gasteiger partial charge in [-0.05, 0) is 32.2 Å². The second kappa shape index (κ2) is 5.43. The van der Waals surface area contributed by atoms with Crippen LogP contribution >= 0.6 is 0 Å². The number of nitrogens with one attached hydrogen (secondary N) is 1. The fourth-order valence-corrected chi connectivity index (χ4v) is 2.50. The van der Waals surface area contributed by atoms with Gasteiger partial charge in [-0.2, -0.15) is 0 Å². The Hall–Kier alpha value is -0.900. The second-order valence-corrected chi connectivity index (χ2v) is 4.73. The van der Waals surface area contributed by atoms with Gasteiger partial charge in [-0.3, -0.25) is 14.5 Å². The Morgan fingerprint density at radius 2 is 1.88 bits per heavy atom. The average Bonchev–Trinajstić information content (AvgIpc) is 2.30. The molecule has 0 aromatic heterocycles. The van der Waals surface area contributed by atoms with Crippen LogP contribution in [-0.2, 0) is 9.59 Å². The number of carbonyl (C=O) groups excluding carboxylic acids is 2. The average molecular weight is 224 g/mol. The van der Waals surface area contributed by atoms with E-state index >= 15 is 0 Å². The minimum Gasteiger partial charge on any atom is -0.314 e. The molecule has 0 saturated carbocycles. The molecule has 2 saturated heterocycles. The van der Waals surface area contributed by atoms with Crippen LogP contribution < -0.4 is 5.32 Å². The molecule has 2 fully saturated rings. The van der Waals surface area contributed by atoms with Crippen LogP contribution in [0.25, 0.3) is 0 Å². The fourth-order valence-electron chi connectivity index (χ4n) is 2.50. The molecule has 1 unspecified atom stereocenters. The normalized spacial score (nSPS) is 27.2. The molecule has 0 aromatic carbocycles. The van der Waals surface area contributed by atoms with Gasteiger partial charge in [0.15, 0.2) is 0 Å². The summed E-state index contributed by atoms with van der Waals surface area (Å²) in [5, 5.41) is 3.44. The number of rotatable bonds is 3. The van der Waals surface area contributed by atoms with E-state index in [1.165, 1.54) is 24.2 Å². The zero-order chi connectivity index (χ0) is 11.4. The van der Waals surface area contributed by atoms with Crippen LogP contribution in [0.4, 0.5) is 0 Å². The van der Waals surface area contributed by atoms with E-state index in [4.69, 9.17) is 0 Å². The van der Waals surface area contributed by atoms with Gasteiger partial charge < -0.3 is 5.32 Å². The molecule has 4 heteroatoms. The minimum absolute atomic E-state index is 0.0204. The van der Waals surface area contributed by atoms with E-state index in [2.05, 4.69) is 5.32 Å². The summed E-state index contributed by atoms with van der Waals surface area (Å²) >= 11 is 0. The van der Waals surface area contributed by atoms with Crippen LogP contribution in [0.15, 0.2) is 0 Å². The van der Waals surface area contributed by atoms with Crippen molar-refractivity contribution in [2.24, 2.45) is 0 Å². The van der Waals surface area contributed by atoms with Crippen LogP contribution in [0.5, 0.6) is 0 Å². The van der Waals surface area contributed by atoms with Gasteiger partial charge in [0, 0.05) is 25.4 Å². The number of likely N-dealkylation sites (tertiary alicyclic amines) is 1. The molecule has 0 bridgehead atoms. The van der Waals surface area contributed by atoms with Crippen LogP contribution in [0, 0.1) is 0 Å². The number of nitrogens with zero attached hydrogens (tertiary/aromatic N) is 1. The third-order valence-electron chi connectivity index (χ3n) is 3.50. The molecule has 2 rings (SSSR count). The highest BCUT2D eigenvalue weighted by atomic mass is 16.2. The smallest absolute Gasteiger partial charge is 0.229 e. The molecule has 2 heterocycles. The van der Waals surface area contributed by atoms with E-state index in [1.807, 2.05) is 0 Å². The lowest BCUT2D eigenvalue weighted by Crippen LogP contribution is -2.43. The van der Waals surface area contributed by atoms with Crippen LogP contribution in [0.3, 0.4) is 0 Å². The summed E-state index contributed by atoms with van der Waals surface area (Å²) in [5.74, 6) is 0.0409. The predicted octanol–water partition coefficient (Wildman–Crippen LogP) is 1.06. The number of imide groups is 1. The predicted molar refractivity (Wildman–Crippen MR) is 60.8 cm³/mol. The molecule has 4 nitrogen and oxygen atoms in total. The van der Waals surface area contributed by atoms with Gasteiger partial charge in [-0.15, -0.1) is 0 Å². The maximum absolute atomic E-state index is 11.6. The first-order valence-electron chi connectivity index (χ1n) is 6.34. The van der Waals surface area contributed by atoms with Crippen molar-refractivity contribution in [2.75, 3.05) is 13.1 Å². The highest BCUT2D eigenvalue weighted by Gasteiger charge is 2.26. The first-order valence-corrected chi connectivity index (χ1v) is 6.34.